The van der Waals surface area contributed by atoms with Crippen molar-refractivity contribution < 1.29 is 9.59 Å². The number of nitrogens with zero attached hydrogens (tertiary/aromatic N) is 4. The molecule has 188 valence electrons. The van der Waals surface area contributed by atoms with Crippen LogP contribution in [0.3, 0.4) is 0 Å². The molecule has 0 saturated heterocycles. The smallest absolute Gasteiger partial charge is 0.274 e. The zero-order valence-corrected chi connectivity index (χ0v) is 21.3. The lowest BCUT2D eigenvalue weighted by Crippen LogP contribution is -2.29. The number of fused-ring (bicyclic) bond motifs is 1. The highest BCUT2D eigenvalue weighted by molar-refractivity contribution is 7.11. The van der Waals surface area contributed by atoms with Gasteiger partial charge in [0.2, 0.25) is 0 Å². The molecule has 3 heterocycles. The molecule has 3 aromatic heterocycles. The molecule has 0 aliphatic rings. The standard InChI is InChI=1S/C25H24N8O2S2/c26-22-21(32-37-33-22)25(35)28-10-4-3-7-18(31-24(34)20-13-27-14-36-20)23-29-12-19(30-23)17-9-8-15-5-1-2-6-16(15)11-17/h1-2,5-6,8-9,11-14,18H,3-4,7,10H2,(H2,26,33)(H,28,35)(H,29,30)(H,31,34)/t18-/m0/s1. The molecule has 37 heavy (non-hydrogen) atoms. The van der Waals surface area contributed by atoms with Gasteiger partial charge >= 0.3 is 0 Å². The number of aromatic amines is 1. The molecule has 1 atom stereocenters. The Kier molecular flexibility index (Phi) is 7.47. The van der Waals surface area contributed by atoms with E-state index in [2.05, 4.69) is 64.7 Å². The molecular formula is C25H24N8O2S2. The van der Waals surface area contributed by atoms with Crippen LogP contribution < -0.4 is 16.4 Å². The molecule has 0 aliphatic carbocycles. The molecule has 0 bridgehead atoms. The lowest BCUT2D eigenvalue weighted by molar-refractivity contribution is 0.0935. The van der Waals surface area contributed by atoms with Crippen molar-refractivity contribution in [1.29, 1.82) is 0 Å². The first-order chi connectivity index (χ1) is 18.1. The molecule has 2 aromatic carbocycles. The van der Waals surface area contributed by atoms with Gasteiger partial charge in [-0.3, -0.25) is 14.6 Å². The summed E-state index contributed by atoms with van der Waals surface area (Å²) in [6, 6.07) is 14.1. The lowest BCUT2D eigenvalue weighted by atomic mass is 10.1. The highest BCUT2D eigenvalue weighted by atomic mass is 32.1. The first-order valence-corrected chi connectivity index (χ1v) is 13.3. The number of unbranched alkanes of at least 4 members (excludes halogenated alkanes) is 1. The van der Waals surface area contributed by atoms with Crippen LogP contribution in [0.2, 0.25) is 0 Å². The Morgan fingerprint density at radius 1 is 1.03 bits per heavy atom. The van der Waals surface area contributed by atoms with Crippen LogP contribution >= 0.6 is 23.1 Å². The molecule has 0 saturated carbocycles. The molecule has 2 amide bonds. The largest absolute Gasteiger partial charge is 0.381 e. The van der Waals surface area contributed by atoms with E-state index in [1.54, 1.807) is 17.9 Å². The number of thiazole rings is 1. The number of H-pyrrole nitrogens is 1. The van der Waals surface area contributed by atoms with Crippen LogP contribution in [0, 0.1) is 0 Å². The number of hydrogen-bond donors (Lipinski definition) is 4. The fourth-order valence-electron chi connectivity index (χ4n) is 3.96. The number of nitrogen functional groups attached to an aromatic ring is 1. The minimum absolute atomic E-state index is 0.133. The summed E-state index contributed by atoms with van der Waals surface area (Å²) in [4.78, 5) is 37.5. The maximum Gasteiger partial charge on any atom is 0.274 e. The van der Waals surface area contributed by atoms with E-state index in [0.717, 1.165) is 34.8 Å². The van der Waals surface area contributed by atoms with Crippen molar-refractivity contribution in [1.82, 2.24) is 34.3 Å². The van der Waals surface area contributed by atoms with Gasteiger partial charge in [0, 0.05) is 12.1 Å². The number of imidazole rings is 1. The van der Waals surface area contributed by atoms with E-state index < -0.39 is 0 Å². The van der Waals surface area contributed by atoms with Crippen molar-refractivity contribution in [2.24, 2.45) is 0 Å². The summed E-state index contributed by atoms with van der Waals surface area (Å²) in [5, 5.41) is 8.20. The summed E-state index contributed by atoms with van der Waals surface area (Å²) in [6.45, 7) is 0.450. The first-order valence-electron chi connectivity index (χ1n) is 11.7. The summed E-state index contributed by atoms with van der Waals surface area (Å²) in [5.74, 6) is 0.267. The van der Waals surface area contributed by atoms with E-state index in [1.165, 1.54) is 16.7 Å². The van der Waals surface area contributed by atoms with Crippen LogP contribution in [0.4, 0.5) is 5.82 Å². The van der Waals surface area contributed by atoms with Gasteiger partial charge in [0.1, 0.15) is 10.7 Å². The Bertz CT molecular complexity index is 1510. The van der Waals surface area contributed by atoms with Crippen molar-refractivity contribution in [3.05, 3.63) is 76.8 Å². The summed E-state index contributed by atoms with van der Waals surface area (Å²) in [5.41, 5.74) is 9.32. The van der Waals surface area contributed by atoms with Gasteiger partial charge in [-0.2, -0.15) is 8.75 Å². The Morgan fingerprint density at radius 2 is 1.89 bits per heavy atom. The number of hydrogen-bond acceptors (Lipinski definition) is 9. The Hall–Kier alpha value is -4.16. The summed E-state index contributed by atoms with van der Waals surface area (Å²) >= 11 is 2.19. The van der Waals surface area contributed by atoms with Crippen molar-refractivity contribution in [3.8, 4) is 11.3 Å². The van der Waals surface area contributed by atoms with Crippen LogP contribution in [0.25, 0.3) is 22.0 Å². The van der Waals surface area contributed by atoms with E-state index in [1.807, 2.05) is 12.1 Å². The number of amides is 2. The first kappa shape index (κ1) is 24.5. The van der Waals surface area contributed by atoms with Gasteiger partial charge in [-0.05, 0) is 36.1 Å². The van der Waals surface area contributed by atoms with E-state index in [-0.39, 0.29) is 29.4 Å². The second-order valence-corrected chi connectivity index (χ2v) is 9.80. The molecule has 5 rings (SSSR count). The number of nitrogens with two attached hydrogens (primary N) is 1. The maximum absolute atomic E-state index is 12.8. The predicted molar refractivity (Wildman–Crippen MR) is 144 cm³/mol. The SMILES string of the molecule is Nc1nsnc1C(=O)NCCCC[C@H](NC(=O)c1cncs1)c1ncc(-c2ccc3ccccc3c2)[nH]1. The Morgan fingerprint density at radius 3 is 2.68 bits per heavy atom. The average molecular weight is 533 g/mol. The maximum atomic E-state index is 12.8. The Labute approximate surface area is 220 Å². The quantitative estimate of drug-likeness (QED) is 0.197. The molecule has 0 spiro atoms. The Balaban J connectivity index is 1.25. The number of anilines is 1. The normalized spacial score (nSPS) is 11.9. The fraction of sp³-hybridized carbons (Fsp3) is 0.200. The van der Waals surface area contributed by atoms with Crippen molar-refractivity contribution in [3.63, 3.8) is 0 Å². The molecule has 0 unspecified atom stereocenters. The zero-order chi connectivity index (χ0) is 25.6. The zero-order valence-electron chi connectivity index (χ0n) is 19.7. The van der Waals surface area contributed by atoms with E-state index in [9.17, 15) is 9.59 Å². The van der Waals surface area contributed by atoms with Crippen LogP contribution in [-0.4, -0.2) is 42.1 Å². The fourth-order valence-corrected chi connectivity index (χ4v) is 4.96. The number of benzene rings is 2. The van der Waals surface area contributed by atoms with Crippen LogP contribution in [0.15, 0.2) is 60.4 Å². The van der Waals surface area contributed by atoms with Crippen LogP contribution in [-0.2, 0) is 0 Å². The van der Waals surface area contributed by atoms with Gasteiger partial charge in [0.05, 0.1) is 41.4 Å². The van der Waals surface area contributed by atoms with Crippen molar-refractivity contribution in [2.45, 2.75) is 25.3 Å². The third-order valence-electron chi connectivity index (χ3n) is 5.88. The molecule has 0 aliphatic heterocycles. The van der Waals surface area contributed by atoms with E-state index in [4.69, 9.17) is 5.73 Å². The molecule has 0 radical (unpaired) electrons. The topological polar surface area (TPSA) is 152 Å². The van der Waals surface area contributed by atoms with Crippen molar-refractivity contribution in [2.75, 3.05) is 12.3 Å². The van der Waals surface area contributed by atoms with E-state index >= 15 is 0 Å². The van der Waals surface area contributed by atoms with Crippen LogP contribution in [0.1, 0.15) is 51.3 Å². The highest BCUT2D eigenvalue weighted by Gasteiger charge is 2.20. The average Bonchev–Trinajstić information content (AvgIpc) is 3.69. The minimum Gasteiger partial charge on any atom is -0.381 e. The molecule has 12 heteroatoms. The number of rotatable bonds is 10. The van der Waals surface area contributed by atoms with Gasteiger partial charge in [-0.25, -0.2) is 4.98 Å². The second kappa shape index (κ2) is 11.3. The molecule has 0 fully saturated rings. The highest BCUT2D eigenvalue weighted by Crippen LogP contribution is 2.26. The van der Waals surface area contributed by atoms with Gasteiger partial charge in [0.25, 0.3) is 11.8 Å². The summed E-state index contributed by atoms with van der Waals surface area (Å²) < 4.78 is 7.73. The van der Waals surface area contributed by atoms with Gasteiger partial charge < -0.3 is 21.4 Å². The van der Waals surface area contributed by atoms with Gasteiger partial charge in [0.15, 0.2) is 11.5 Å². The lowest BCUT2D eigenvalue weighted by Gasteiger charge is -2.16. The van der Waals surface area contributed by atoms with E-state index in [0.29, 0.717) is 30.1 Å². The number of carbonyl (C=O) groups is 2. The molecule has 10 nitrogen and oxygen atoms in total. The van der Waals surface area contributed by atoms with Crippen LogP contribution in [0.5, 0.6) is 0 Å². The summed E-state index contributed by atoms with van der Waals surface area (Å²) in [6.07, 6.45) is 5.41. The predicted octanol–water partition coefficient (Wildman–Crippen LogP) is 4.19. The molecule has 5 aromatic rings. The van der Waals surface area contributed by atoms with Gasteiger partial charge in [-0.1, -0.05) is 36.4 Å². The number of carbonyl (C=O) groups excluding carboxylic acids is 2. The number of aromatic nitrogens is 5. The second-order valence-electron chi connectivity index (χ2n) is 8.39. The monoisotopic (exact) mass is 532 g/mol. The summed E-state index contributed by atoms with van der Waals surface area (Å²) in [7, 11) is 0. The minimum atomic E-state index is -0.340. The van der Waals surface area contributed by atoms with Gasteiger partial charge in [-0.15, -0.1) is 11.3 Å². The number of nitrogens with one attached hydrogen (secondary N) is 3. The molecule has 5 N–H and O–H groups in total. The van der Waals surface area contributed by atoms with Crippen molar-refractivity contribution >= 4 is 51.5 Å². The third kappa shape index (κ3) is 5.81. The third-order valence-corrected chi connectivity index (χ3v) is 7.20. The molecular weight excluding hydrogens is 508 g/mol.